The third-order valence-electron chi connectivity index (χ3n) is 0.566. The van der Waals surface area contributed by atoms with Crippen molar-refractivity contribution in [3.05, 3.63) is 38.0 Å². The molecule has 58 valence electrons. The molecular weight excluding hydrogens is 348 g/mol. The van der Waals surface area contributed by atoms with Gasteiger partial charge in [-0.15, -0.1) is 0 Å². The van der Waals surface area contributed by atoms with Gasteiger partial charge in [-0.05, 0) is 12.1 Å². The van der Waals surface area contributed by atoms with Crippen molar-refractivity contribution in [2.45, 2.75) is 13.8 Å². The van der Waals surface area contributed by atoms with Crippen molar-refractivity contribution in [2.75, 3.05) is 0 Å². The van der Waals surface area contributed by atoms with Crippen LogP contribution in [0.3, 0.4) is 0 Å². The number of aromatic nitrogens is 1. The molecule has 0 aliphatic rings. The second kappa shape index (κ2) is 16.1. The summed E-state index contributed by atoms with van der Waals surface area (Å²) in [6.45, 7) is 4.00. The van der Waals surface area contributed by atoms with Crippen LogP contribution < -0.4 is 0 Å². The van der Waals surface area contributed by atoms with Gasteiger partial charge in [0, 0.05) is 44.9 Å². The molecule has 0 atom stereocenters. The van der Waals surface area contributed by atoms with E-state index in [1.807, 2.05) is 32.0 Å². The van der Waals surface area contributed by atoms with E-state index >= 15 is 0 Å². The molecule has 1 aromatic rings. The first-order valence-electron chi connectivity index (χ1n) is 2.85. The van der Waals surface area contributed by atoms with E-state index in [1.165, 1.54) is 0 Å². The van der Waals surface area contributed by atoms with Crippen molar-refractivity contribution in [3.8, 4) is 0 Å². The van der Waals surface area contributed by atoms with Crippen LogP contribution in [-0.2, 0) is 0 Å². The smallest absolute Gasteiger partial charge is 0.0267 e. The van der Waals surface area contributed by atoms with Gasteiger partial charge in [0.25, 0.3) is 0 Å². The Morgan fingerprint density at radius 2 is 1.40 bits per heavy atom. The Kier molecular flexibility index (Phi) is 26.8. The van der Waals surface area contributed by atoms with Crippen molar-refractivity contribution in [3.63, 3.8) is 0 Å². The number of hydrogen-bond donors (Lipinski definition) is 0. The molecular formula is C8H16NU-. The molecule has 1 aromatic heterocycles. The van der Waals surface area contributed by atoms with Gasteiger partial charge in [0.2, 0.25) is 0 Å². The molecule has 0 unspecified atom stereocenters. The van der Waals surface area contributed by atoms with Crippen LogP contribution >= 0.6 is 0 Å². The zero-order valence-electron chi connectivity index (χ0n) is 6.83. The van der Waals surface area contributed by atoms with Gasteiger partial charge in [-0.3, -0.25) is 4.98 Å². The van der Waals surface area contributed by atoms with Gasteiger partial charge >= 0.3 is 0 Å². The molecule has 0 amide bonds. The van der Waals surface area contributed by atoms with Crippen LogP contribution in [0.5, 0.6) is 0 Å². The maximum atomic E-state index is 3.78. The van der Waals surface area contributed by atoms with Crippen LogP contribution in [0.15, 0.2) is 30.6 Å². The van der Waals surface area contributed by atoms with Gasteiger partial charge in [-0.1, -0.05) is 19.9 Å². The maximum Gasteiger partial charge on any atom is 0.0267 e. The second-order valence-electron chi connectivity index (χ2n) is 1.02. The van der Waals surface area contributed by atoms with E-state index in [0.29, 0.717) is 0 Å². The molecule has 0 aromatic carbocycles. The molecule has 1 nitrogen and oxygen atoms in total. The van der Waals surface area contributed by atoms with E-state index in [2.05, 4.69) is 4.98 Å². The van der Waals surface area contributed by atoms with Gasteiger partial charge in [0.1, 0.15) is 0 Å². The summed E-state index contributed by atoms with van der Waals surface area (Å²) < 4.78 is 0. The summed E-state index contributed by atoms with van der Waals surface area (Å²) in [4.78, 5) is 3.78. The minimum atomic E-state index is 0. The first kappa shape index (κ1) is 16.7. The second-order valence-corrected chi connectivity index (χ2v) is 1.02. The van der Waals surface area contributed by atoms with Crippen LogP contribution in [0.4, 0.5) is 0 Å². The SMILES string of the molecule is CC.[CH3-].[HH].[U].c1ccncc1. The molecule has 0 saturated heterocycles. The van der Waals surface area contributed by atoms with E-state index in [4.69, 9.17) is 0 Å². The predicted octanol–water partition coefficient (Wildman–Crippen LogP) is 2.80. The monoisotopic (exact) mass is 364 g/mol. The third kappa shape index (κ3) is 11.1. The van der Waals surface area contributed by atoms with Crippen molar-refractivity contribution in [1.29, 1.82) is 0 Å². The number of hydrogen-bond acceptors (Lipinski definition) is 1. The molecule has 0 radical (unpaired) electrons. The van der Waals surface area contributed by atoms with E-state index < -0.39 is 0 Å². The van der Waals surface area contributed by atoms with Crippen LogP contribution in [0.2, 0.25) is 0 Å². The molecule has 0 aliphatic heterocycles. The Hall–Kier alpha value is 0.202. The first-order chi connectivity index (χ1) is 4.00. The summed E-state index contributed by atoms with van der Waals surface area (Å²) in [7, 11) is 0. The Bertz CT molecular complexity index is 86.0. The standard InChI is InChI=1S/C5H5N.C2H6.CH3.U.H2/c1-2-4-6-5-3-1;1-2;;;/h1-5H;1-2H3;1H3;;1H/q;;-1;;. The molecule has 0 spiro atoms. The van der Waals surface area contributed by atoms with Crippen molar-refractivity contribution < 1.29 is 32.5 Å². The van der Waals surface area contributed by atoms with Crippen molar-refractivity contribution >= 4 is 0 Å². The predicted molar refractivity (Wildman–Crippen MR) is 44.1 cm³/mol. The number of pyridine rings is 1. The van der Waals surface area contributed by atoms with E-state index in [-0.39, 0.29) is 40.0 Å². The Morgan fingerprint density at radius 3 is 1.50 bits per heavy atom. The minimum Gasteiger partial charge on any atom is -0.358 e. The molecule has 0 bridgehead atoms. The Balaban J connectivity index is -0.0000000459. The van der Waals surface area contributed by atoms with Gasteiger partial charge < -0.3 is 7.43 Å². The third-order valence-corrected chi connectivity index (χ3v) is 0.566. The quantitative estimate of drug-likeness (QED) is 0.646. The molecule has 0 saturated carbocycles. The molecule has 0 fully saturated rings. The fourth-order valence-corrected chi connectivity index (χ4v) is 0.313. The molecule has 10 heavy (non-hydrogen) atoms. The molecule has 1 heterocycles. The van der Waals surface area contributed by atoms with E-state index in [9.17, 15) is 0 Å². The van der Waals surface area contributed by atoms with Crippen LogP contribution in [0.1, 0.15) is 15.3 Å². The summed E-state index contributed by atoms with van der Waals surface area (Å²) >= 11 is 0. The average Bonchev–Trinajstić information content (AvgIpc) is 1.96. The molecule has 0 aliphatic carbocycles. The Labute approximate surface area is 89.1 Å². The van der Waals surface area contributed by atoms with E-state index in [1.54, 1.807) is 12.4 Å². The first-order valence-corrected chi connectivity index (χ1v) is 2.85. The summed E-state index contributed by atoms with van der Waals surface area (Å²) in [5.41, 5.74) is 0. The van der Waals surface area contributed by atoms with Crippen molar-refractivity contribution in [1.82, 2.24) is 4.98 Å². The Morgan fingerprint density at radius 1 is 1.00 bits per heavy atom. The van der Waals surface area contributed by atoms with Gasteiger partial charge in [-0.2, -0.15) is 0 Å². The maximum absolute atomic E-state index is 3.78. The summed E-state index contributed by atoms with van der Waals surface area (Å²) in [6, 6.07) is 5.72. The number of nitrogens with zero attached hydrogens (tertiary/aromatic N) is 1. The summed E-state index contributed by atoms with van der Waals surface area (Å²) in [5, 5.41) is 0. The van der Waals surface area contributed by atoms with Crippen LogP contribution in [-0.4, -0.2) is 4.98 Å². The van der Waals surface area contributed by atoms with Gasteiger partial charge in [-0.25, -0.2) is 0 Å². The normalized spacial score (nSPS) is 5.40. The summed E-state index contributed by atoms with van der Waals surface area (Å²) in [5.74, 6) is 0. The molecule has 2 heteroatoms. The van der Waals surface area contributed by atoms with Gasteiger partial charge in [0.05, 0.1) is 0 Å². The zero-order valence-corrected chi connectivity index (χ0v) is 11.0. The average molecular weight is 364 g/mol. The number of rotatable bonds is 0. The molecule has 1 rings (SSSR count). The zero-order chi connectivity index (χ0) is 6.24. The van der Waals surface area contributed by atoms with Crippen LogP contribution in [0.25, 0.3) is 0 Å². The fourth-order valence-electron chi connectivity index (χ4n) is 0.313. The van der Waals surface area contributed by atoms with Crippen molar-refractivity contribution in [2.24, 2.45) is 0 Å². The van der Waals surface area contributed by atoms with Gasteiger partial charge in [0.15, 0.2) is 0 Å². The molecule has 0 N–H and O–H groups in total. The fraction of sp³-hybridized carbons (Fsp3) is 0.250. The van der Waals surface area contributed by atoms with Crippen LogP contribution in [0, 0.1) is 38.5 Å². The summed E-state index contributed by atoms with van der Waals surface area (Å²) in [6.07, 6.45) is 3.50. The largest absolute Gasteiger partial charge is 0.358 e. The minimum absolute atomic E-state index is 0. The topological polar surface area (TPSA) is 12.9 Å². The van der Waals surface area contributed by atoms with E-state index in [0.717, 1.165) is 0 Å².